The van der Waals surface area contributed by atoms with E-state index in [0.29, 0.717) is 24.2 Å². The quantitative estimate of drug-likeness (QED) is 0.346. The van der Waals surface area contributed by atoms with Crippen LogP contribution in [0.5, 0.6) is 11.5 Å². The Morgan fingerprint density at radius 3 is 1.09 bits per heavy atom. The van der Waals surface area contributed by atoms with Crippen LogP contribution >= 0.6 is 12.4 Å². The third kappa shape index (κ3) is 9.05. The molecule has 2 rings (SSSR count). The number of benzene rings is 2. The largest absolute Gasteiger partial charge is 0.658 e. The lowest BCUT2D eigenvalue weighted by Gasteiger charge is -2.30. The minimum atomic E-state index is 0. The molecule has 177 valence electrons. The Bertz CT molecular complexity index is 683. The van der Waals surface area contributed by atoms with Gasteiger partial charge in [0, 0.05) is 37.3 Å². The molecular formula is C26H41BClN2O2. The van der Waals surface area contributed by atoms with Crippen LogP contribution in [0.15, 0.2) is 48.5 Å². The molecule has 0 bridgehead atoms. The highest BCUT2D eigenvalue weighted by molar-refractivity contribution is 6.20. The van der Waals surface area contributed by atoms with Crippen LogP contribution < -0.4 is 9.31 Å². The molecule has 0 spiro atoms. The average molecular weight is 460 g/mol. The lowest BCUT2D eigenvalue weighted by molar-refractivity contribution is 0.166. The summed E-state index contributed by atoms with van der Waals surface area (Å²) < 4.78 is 11.3. The van der Waals surface area contributed by atoms with Crippen molar-refractivity contribution < 1.29 is 9.31 Å². The maximum atomic E-state index is 5.65. The maximum Gasteiger partial charge on any atom is 0.658 e. The number of halogens is 1. The molecule has 0 N–H and O–H groups in total. The molecule has 2 aromatic rings. The van der Waals surface area contributed by atoms with Crippen LogP contribution in [0.25, 0.3) is 0 Å². The van der Waals surface area contributed by atoms with E-state index in [9.17, 15) is 0 Å². The second-order valence-electron chi connectivity index (χ2n) is 9.34. The van der Waals surface area contributed by atoms with E-state index in [4.69, 9.17) is 9.31 Å². The Hall–Kier alpha value is -1.69. The average Bonchev–Trinajstić information content (AvgIpc) is 2.71. The maximum absolute atomic E-state index is 5.65. The van der Waals surface area contributed by atoms with Gasteiger partial charge in [0.2, 0.25) is 0 Å². The van der Waals surface area contributed by atoms with Crippen molar-refractivity contribution in [1.29, 1.82) is 0 Å². The number of nitrogens with zero attached hydrogens (tertiary/aromatic N) is 2. The van der Waals surface area contributed by atoms with Crippen molar-refractivity contribution >= 4 is 20.1 Å². The standard InChI is InChI=1S/C26H40BN2O2.ClH/c1-19(2)28(20(3)4)17-23-9-13-25(14-10-23)30-27-31-26-15-11-24(12-16-26)18-29(21(5)6)22(7)8;/h9-16,19-22H,17-18H2,1-8H3;1H. The molecular weight excluding hydrogens is 419 g/mol. The van der Waals surface area contributed by atoms with Gasteiger partial charge >= 0.3 is 7.69 Å². The Morgan fingerprint density at radius 2 is 0.844 bits per heavy atom. The second kappa shape index (κ2) is 13.8. The van der Waals surface area contributed by atoms with Crippen LogP contribution in [0, 0.1) is 0 Å². The third-order valence-corrected chi connectivity index (χ3v) is 5.60. The van der Waals surface area contributed by atoms with E-state index in [1.54, 1.807) is 0 Å². The first-order valence-electron chi connectivity index (χ1n) is 11.5. The summed E-state index contributed by atoms with van der Waals surface area (Å²) in [6.07, 6.45) is 0. The van der Waals surface area contributed by atoms with Gasteiger partial charge in [-0.15, -0.1) is 12.4 Å². The zero-order valence-electron chi connectivity index (χ0n) is 21.0. The molecule has 0 heterocycles. The molecule has 0 saturated carbocycles. The Labute approximate surface area is 203 Å². The van der Waals surface area contributed by atoms with Gasteiger partial charge in [-0.25, -0.2) is 0 Å². The fraction of sp³-hybridized carbons (Fsp3) is 0.538. The second-order valence-corrected chi connectivity index (χ2v) is 9.34. The summed E-state index contributed by atoms with van der Waals surface area (Å²) in [5.74, 6) is 1.54. The summed E-state index contributed by atoms with van der Waals surface area (Å²) in [6, 6.07) is 18.5. The zero-order valence-corrected chi connectivity index (χ0v) is 21.9. The van der Waals surface area contributed by atoms with Gasteiger partial charge in [-0.3, -0.25) is 9.80 Å². The smallest absolute Gasteiger partial charge is 0.526 e. The summed E-state index contributed by atoms with van der Waals surface area (Å²) in [5.41, 5.74) is 2.56. The molecule has 6 heteroatoms. The van der Waals surface area contributed by atoms with Crippen molar-refractivity contribution in [2.45, 2.75) is 92.6 Å². The van der Waals surface area contributed by atoms with E-state index >= 15 is 0 Å². The number of hydrogen-bond donors (Lipinski definition) is 0. The van der Waals surface area contributed by atoms with Gasteiger partial charge in [0.05, 0.1) is 0 Å². The van der Waals surface area contributed by atoms with Crippen molar-refractivity contribution in [3.63, 3.8) is 0 Å². The van der Waals surface area contributed by atoms with E-state index in [-0.39, 0.29) is 12.4 Å². The molecule has 0 saturated heterocycles. The SMILES string of the molecule is CC(C)N(Cc1ccc(O[B]Oc2ccc(CN(C(C)C)C(C)C)cc2)cc1)C(C)C.Cl. The highest BCUT2D eigenvalue weighted by atomic mass is 35.5. The molecule has 2 aromatic carbocycles. The molecule has 0 unspecified atom stereocenters. The van der Waals surface area contributed by atoms with E-state index in [1.165, 1.54) is 18.8 Å². The summed E-state index contributed by atoms with van der Waals surface area (Å²) in [7, 11) is 1.40. The third-order valence-electron chi connectivity index (χ3n) is 5.60. The number of rotatable bonds is 12. The molecule has 0 atom stereocenters. The molecule has 0 fully saturated rings. The minimum Gasteiger partial charge on any atom is -0.526 e. The molecule has 4 nitrogen and oxygen atoms in total. The van der Waals surface area contributed by atoms with Gasteiger partial charge in [0.1, 0.15) is 11.5 Å². The van der Waals surface area contributed by atoms with Crippen molar-refractivity contribution in [3.8, 4) is 11.5 Å². The summed E-state index contributed by atoms with van der Waals surface area (Å²) in [4.78, 5) is 4.94. The van der Waals surface area contributed by atoms with Crippen LogP contribution in [0.1, 0.15) is 66.5 Å². The van der Waals surface area contributed by atoms with Crippen molar-refractivity contribution in [1.82, 2.24) is 9.80 Å². The number of hydrogen-bond acceptors (Lipinski definition) is 4. The summed E-state index contributed by atoms with van der Waals surface area (Å²) in [5, 5.41) is 0. The van der Waals surface area contributed by atoms with Gasteiger partial charge in [0.25, 0.3) is 0 Å². The van der Waals surface area contributed by atoms with E-state index < -0.39 is 0 Å². The van der Waals surface area contributed by atoms with Crippen molar-refractivity contribution in [2.24, 2.45) is 0 Å². The predicted molar refractivity (Wildman–Crippen MR) is 139 cm³/mol. The molecule has 0 amide bonds. The topological polar surface area (TPSA) is 24.9 Å². The van der Waals surface area contributed by atoms with Gasteiger partial charge in [-0.1, -0.05) is 24.3 Å². The first-order valence-corrected chi connectivity index (χ1v) is 11.5. The van der Waals surface area contributed by atoms with Crippen LogP contribution in [0.3, 0.4) is 0 Å². The lowest BCUT2D eigenvalue weighted by atomic mass is 10.1. The van der Waals surface area contributed by atoms with Gasteiger partial charge in [-0.05, 0) is 90.8 Å². The van der Waals surface area contributed by atoms with Crippen LogP contribution in [-0.4, -0.2) is 41.7 Å². The van der Waals surface area contributed by atoms with Crippen LogP contribution in [0.4, 0.5) is 0 Å². The predicted octanol–water partition coefficient (Wildman–Crippen LogP) is 6.34. The fourth-order valence-corrected chi connectivity index (χ4v) is 3.83. The monoisotopic (exact) mass is 459 g/mol. The summed E-state index contributed by atoms with van der Waals surface area (Å²) in [6.45, 7) is 19.8. The van der Waals surface area contributed by atoms with E-state index in [2.05, 4.69) is 89.5 Å². The molecule has 0 aliphatic rings. The van der Waals surface area contributed by atoms with E-state index in [0.717, 1.165) is 24.6 Å². The summed E-state index contributed by atoms with van der Waals surface area (Å²) >= 11 is 0. The normalized spacial score (nSPS) is 11.6. The Kier molecular flexibility index (Phi) is 12.2. The Balaban J connectivity index is 0.00000512. The highest BCUT2D eigenvalue weighted by Gasteiger charge is 2.15. The minimum absolute atomic E-state index is 0. The fourth-order valence-electron chi connectivity index (χ4n) is 3.83. The van der Waals surface area contributed by atoms with Gasteiger partial charge in [0.15, 0.2) is 0 Å². The van der Waals surface area contributed by atoms with Crippen molar-refractivity contribution in [3.05, 3.63) is 59.7 Å². The van der Waals surface area contributed by atoms with E-state index in [1.807, 2.05) is 24.3 Å². The first-order chi connectivity index (χ1) is 14.7. The molecule has 0 aliphatic heterocycles. The van der Waals surface area contributed by atoms with Crippen molar-refractivity contribution in [2.75, 3.05) is 0 Å². The Morgan fingerprint density at radius 1 is 0.562 bits per heavy atom. The zero-order chi connectivity index (χ0) is 23.0. The van der Waals surface area contributed by atoms with Crippen LogP contribution in [-0.2, 0) is 13.1 Å². The highest BCUT2D eigenvalue weighted by Crippen LogP contribution is 2.18. The van der Waals surface area contributed by atoms with Gasteiger partial charge in [-0.2, -0.15) is 0 Å². The molecule has 1 radical (unpaired) electrons. The van der Waals surface area contributed by atoms with Crippen LogP contribution in [0.2, 0.25) is 0 Å². The van der Waals surface area contributed by atoms with Gasteiger partial charge < -0.3 is 9.31 Å². The molecule has 0 aliphatic carbocycles. The molecule has 32 heavy (non-hydrogen) atoms. The molecule has 0 aromatic heterocycles. The lowest BCUT2D eigenvalue weighted by Crippen LogP contribution is -2.36. The first kappa shape index (κ1) is 28.3.